The van der Waals surface area contributed by atoms with Crippen molar-refractivity contribution in [3.05, 3.63) is 28.8 Å². The molecule has 114 valence electrons. The quantitative estimate of drug-likeness (QED) is 0.754. The predicted octanol–water partition coefficient (Wildman–Crippen LogP) is 3.68. The van der Waals surface area contributed by atoms with Gasteiger partial charge >= 0.3 is 0 Å². The highest BCUT2D eigenvalue weighted by Crippen LogP contribution is 2.24. The lowest BCUT2D eigenvalue weighted by atomic mass is 10.0. The molecule has 0 aliphatic rings. The molecule has 3 nitrogen and oxygen atoms in total. The molecule has 1 rings (SSSR count). The smallest absolute Gasteiger partial charge is 0.122 e. The highest BCUT2D eigenvalue weighted by molar-refractivity contribution is 6.30. The predicted molar refractivity (Wildman–Crippen MR) is 84.9 cm³/mol. The van der Waals surface area contributed by atoms with Gasteiger partial charge in [-0.15, -0.1) is 0 Å². The Labute approximate surface area is 127 Å². The summed E-state index contributed by atoms with van der Waals surface area (Å²) in [5.74, 6) is 0.877. The van der Waals surface area contributed by atoms with Gasteiger partial charge in [-0.05, 0) is 57.0 Å². The van der Waals surface area contributed by atoms with Crippen LogP contribution in [0.25, 0.3) is 0 Å². The molecule has 1 N–H and O–H groups in total. The largest absolute Gasteiger partial charge is 0.496 e. The molecular weight excluding hydrogens is 274 g/mol. The van der Waals surface area contributed by atoms with Crippen LogP contribution < -0.4 is 10.1 Å². The van der Waals surface area contributed by atoms with Crippen molar-refractivity contribution < 1.29 is 9.47 Å². The SMILES string of the molecule is CCCNC(COC(C)C)Cc1cc(Cl)ccc1OC. The van der Waals surface area contributed by atoms with Crippen LogP contribution in [0, 0.1) is 0 Å². The van der Waals surface area contributed by atoms with Crippen LogP contribution >= 0.6 is 11.6 Å². The number of methoxy groups -OCH3 is 1. The third-order valence-electron chi connectivity index (χ3n) is 3.02. The molecule has 0 bridgehead atoms. The Balaban J connectivity index is 2.73. The van der Waals surface area contributed by atoms with Crippen molar-refractivity contribution in [2.75, 3.05) is 20.3 Å². The van der Waals surface area contributed by atoms with Crippen molar-refractivity contribution in [1.82, 2.24) is 5.32 Å². The zero-order chi connectivity index (χ0) is 15.0. The molecule has 1 aromatic carbocycles. The highest BCUT2D eigenvalue weighted by Gasteiger charge is 2.13. The monoisotopic (exact) mass is 299 g/mol. The third-order valence-corrected chi connectivity index (χ3v) is 3.26. The maximum Gasteiger partial charge on any atom is 0.122 e. The second-order valence-electron chi connectivity index (χ2n) is 5.19. The third kappa shape index (κ3) is 6.12. The van der Waals surface area contributed by atoms with Gasteiger partial charge in [0.1, 0.15) is 5.75 Å². The summed E-state index contributed by atoms with van der Waals surface area (Å²) >= 11 is 6.08. The molecule has 20 heavy (non-hydrogen) atoms. The summed E-state index contributed by atoms with van der Waals surface area (Å²) in [4.78, 5) is 0. The van der Waals surface area contributed by atoms with Crippen LogP contribution in [0.2, 0.25) is 5.02 Å². The van der Waals surface area contributed by atoms with Gasteiger partial charge < -0.3 is 14.8 Å². The topological polar surface area (TPSA) is 30.5 Å². The summed E-state index contributed by atoms with van der Waals surface area (Å²) in [6.07, 6.45) is 2.18. The minimum atomic E-state index is 0.238. The van der Waals surface area contributed by atoms with E-state index < -0.39 is 0 Å². The fourth-order valence-electron chi connectivity index (χ4n) is 2.02. The molecule has 0 spiro atoms. The summed E-state index contributed by atoms with van der Waals surface area (Å²) in [6.45, 7) is 7.93. The second-order valence-corrected chi connectivity index (χ2v) is 5.63. The second kappa shape index (κ2) is 9.22. The first-order valence-electron chi connectivity index (χ1n) is 7.24. The summed E-state index contributed by atoms with van der Waals surface area (Å²) in [6, 6.07) is 6.00. The first-order valence-corrected chi connectivity index (χ1v) is 7.62. The molecule has 0 aliphatic carbocycles. The summed E-state index contributed by atoms with van der Waals surface area (Å²) < 4.78 is 11.1. The molecule has 0 aliphatic heterocycles. The van der Waals surface area contributed by atoms with Gasteiger partial charge in [0, 0.05) is 11.1 Å². The van der Waals surface area contributed by atoms with E-state index in [0.717, 1.165) is 35.7 Å². The minimum absolute atomic E-state index is 0.238. The van der Waals surface area contributed by atoms with E-state index in [4.69, 9.17) is 21.1 Å². The Morgan fingerprint density at radius 2 is 2.05 bits per heavy atom. The van der Waals surface area contributed by atoms with Crippen LogP contribution in [0.5, 0.6) is 5.75 Å². The lowest BCUT2D eigenvalue weighted by molar-refractivity contribution is 0.0612. The summed E-state index contributed by atoms with van der Waals surface area (Å²) in [7, 11) is 1.69. The van der Waals surface area contributed by atoms with E-state index >= 15 is 0 Å². The maximum absolute atomic E-state index is 6.08. The van der Waals surface area contributed by atoms with Gasteiger partial charge in [-0.3, -0.25) is 0 Å². The van der Waals surface area contributed by atoms with Crippen molar-refractivity contribution in [3.63, 3.8) is 0 Å². The molecule has 0 radical (unpaired) electrons. The fourth-order valence-corrected chi connectivity index (χ4v) is 2.21. The molecule has 1 atom stereocenters. The van der Waals surface area contributed by atoms with E-state index in [1.165, 1.54) is 0 Å². The Morgan fingerprint density at radius 1 is 1.30 bits per heavy atom. The molecule has 0 saturated carbocycles. The molecule has 4 heteroatoms. The van der Waals surface area contributed by atoms with Gasteiger partial charge in [0.25, 0.3) is 0 Å². The highest BCUT2D eigenvalue weighted by atomic mass is 35.5. The van der Waals surface area contributed by atoms with Gasteiger partial charge in [-0.2, -0.15) is 0 Å². The average molecular weight is 300 g/mol. The van der Waals surface area contributed by atoms with E-state index in [2.05, 4.69) is 26.1 Å². The first kappa shape index (κ1) is 17.3. The number of rotatable bonds is 9. The van der Waals surface area contributed by atoms with Crippen LogP contribution in [0.1, 0.15) is 32.8 Å². The van der Waals surface area contributed by atoms with Gasteiger partial charge in [-0.25, -0.2) is 0 Å². The molecule has 0 heterocycles. The molecule has 0 amide bonds. The average Bonchev–Trinajstić information content (AvgIpc) is 2.42. The summed E-state index contributed by atoms with van der Waals surface area (Å²) in [5.41, 5.74) is 1.11. The Hall–Kier alpha value is -0.770. The zero-order valence-electron chi connectivity index (χ0n) is 12.9. The number of benzene rings is 1. The number of hydrogen-bond acceptors (Lipinski definition) is 3. The molecule has 0 aromatic heterocycles. The van der Waals surface area contributed by atoms with Gasteiger partial charge in [0.05, 0.1) is 19.8 Å². The lowest BCUT2D eigenvalue weighted by Crippen LogP contribution is -2.36. The zero-order valence-corrected chi connectivity index (χ0v) is 13.7. The van der Waals surface area contributed by atoms with E-state index in [0.29, 0.717) is 6.61 Å². The Bertz CT molecular complexity index is 396. The number of nitrogens with one attached hydrogen (secondary N) is 1. The lowest BCUT2D eigenvalue weighted by Gasteiger charge is -2.21. The number of hydrogen-bond donors (Lipinski definition) is 1. The molecular formula is C16H26ClNO2. The number of halogens is 1. The van der Waals surface area contributed by atoms with Crippen molar-refractivity contribution in [2.24, 2.45) is 0 Å². The van der Waals surface area contributed by atoms with E-state index in [1.807, 2.05) is 18.2 Å². The Kier molecular flexibility index (Phi) is 7.97. The van der Waals surface area contributed by atoms with Gasteiger partial charge in [-0.1, -0.05) is 18.5 Å². The van der Waals surface area contributed by atoms with Crippen molar-refractivity contribution in [3.8, 4) is 5.75 Å². The molecule has 0 fully saturated rings. The van der Waals surface area contributed by atoms with Crippen molar-refractivity contribution >= 4 is 11.6 Å². The molecule has 0 saturated heterocycles. The number of ether oxygens (including phenoxy) is 2. The van der Waals surface area contributed by atoms with E-state index in [1.54, 1.807) is 7.11 Å². The normalized spacial score (nSPS) is 12.7. The van der Waals surface area contributed by atoms with Crippen LogP contribution in [0.3, 0.4) is 0 Å². The van der Waals surface area contributed by atoms with Crippen LogP contribution in [0.15, 0.2) is 18.2 Å². The molecule has 1 unspecified atom stereocenters. The van der Waals surface area contributed by atoms with Crippen molar-refractivity contribution in [1.29, 1.82) is 0 Å². The van der Waals surface area contributed by atoms with Crippen molar-refractivity contribution in [2.45, 2.75) is 45.8 Å². The van der Waals surface area contributed by atoms with Crippen LogP contribution in [-0.2, 0) is 11.2 Å². The van der Waals surface area contributed by atoms with E-state index in [-0.39, 0.29) is 12.1 Å². The summed E-state index contributed by atoms with van der Waals surface area (Å²) in [5, 5.41) is 4.26. The molecule has 1 aromatic rings. The Morgan fingerprint density at radius 3 is 2.65 bits per heavy atom. The van der Waals surface area contributed by atoms with Gasteiger partial charge in [0.15, 0.2) is 0 Å². The maximum atomic E-state index is 6.08. The van der Waals surface area contributed by atoms with Crippen LogP contribution in [-0.4, -0.2) is 32.4 Å². The van der Waals surface area contributed by atoms with Crippen LogP contribution in [0.4, 0.5) is 0 Å². The minimum Gasteiger partial charge on any atom is -0.496 e. The standard InChI is InChI=1S/C16H26ClNO2/c1-5-8-18-15(11-20-12(2)3)10-13-9-14(17)6-7-16(13)19-4/h6-7,9,12,15,18H,5,8,10-11H2,1-4H3. The first-order chi connectivity index (χ1) is 9.56. The fraction of sp³-hybridized carbons (Fsp3) is 0.625. The van der Waals surface area contributed by atoms with Gasteiger partial charge in [0.2, 0.25) is 0 Å². The van der Waals surface area contributed by atoms with E-state index in [9.17, 15) is 0 Å².